The first-order chi connectivity index (χ1) is 13.2. The van der Waals surface area contributed by atoms with Crippen molar-refractivity contribution < 1.29 is 9.13 Å². The number of halogens is 1. The first-order valence-corrected chi connectivity index (χ1v) is 10.3. The molecule has 1 aliphatic rings. The van der Waals surface area contributed by atoms with Gasteiger partial charge in [-0.2, -0.15) is 0 Å². The van der Waals surface area contributed by atoms with Gasteiger partial charge in [0, 0.05) is 0 Å². The van der Waals surface area contributed by atoms with Crippen molar-refractivity contribution in [1.82, 2.24) is 0 Å². The van der Waals surface area contributed by atoms with Gasteiger partial charge in [-0.15, -0.1) is 0 Å². The molecule has 0 saturated carbocycles. The summed E-state index contributed by atoms with van der Waals surface area (Å²) in [5.41, 5.74) is 11.3. The molecule has 3 heteroatoms. The number of fused-ring (bicyclic) bond motifs is 1. The molecular formula is C24H32FNO. The molecule has 0 fully saturated rings. The van der Waals surface area contributed by atoms with Crippen LogP contribution in [0.25, 0.3) is 0 Å². The van der Waals surface area contributed by atoms with E-state index in [1.165, 1.54) is 35.6 Å². The van der Waals surface area contributed by atoms with Crippen LogP contribution >= 0.6 is 0 Å². The van der Waals surface area contributed by atoms with Gasteiger partial charge < -0.3 is 10.5 Å². The second-order valence-corrected chi connectivity index (χ2v) is 7.83. The quantitative estimate of drug-likeness (QED) is 0.675. The van der Waals surface area contributed by atoms with E-state index in [0.29, 0.717) is 17.6 Å². The molecule has 2 nitrogen and oxygen atoms in total. The fraction of sp³-hybridized carbons (Fsp3) is 0.500. The molecule has 0 heterocycles. The highest BCUT2D eigenvalue weighted by molar-refractivity contribution is 5.37. The number of hydrogen-bond donors (Lipinski definition) is 1. The van der Waals surface area contributed by atoms with Gasteiger partial charge in [0.2, 0.25) is 0 Å². The fourth-order valence-corrected chi connectivity index (χ4v) is 4.46. The van der Waals surface area contributed by atoms with Crippen LogP contribution < -0.4 is 10.5 Å². The molecule has 2 unspecified atom stereocenters. The largest absolute Gasteiger partial charge is 0.493 e. The Hall–Kier alpha value is -1.87. The molecule has 2 N–H and O–H groups in total. The van der Waals surface area contributed by atoms with Crippen molar-refractivity contribution in [3.8, 4) is 5.75 Å². The molecule has 1 aliphatic carbocycles. The molecule has 0 bridgehead atoms. The standard InChI is InChI=1S/C24H32FNO/c1-3-5-22(16-26)21-13-12-19-14-17(9-11-20(19)15-21)8-10-18-6-4-7-23(25)24(18)27-2/h4,6-7,12-13,15,17,22H,3,5,8-11,14,16,26H2,1-2H3. The number of methoxy groups -OCH3 is 1. The number of aryl methyl sites for hydroxylation is 2. The van der Waals surface area contributed by atoms with Crippen LogP contribution in [0.3, 0.4) is 0 Å². The highest BCUT2D eigenvalue weighted by Crippen LogP contribution is 2.33. The normalized spacial score (nSPS) is 17.4. The molecule has 0 spiro atoms. The van der Waals surface area contributed by atoms with Crippen LogP contribution in [0.4, 0.5) is 4.39 Å². The van der Waals surface area contributed by atoms with E-state index in [4.69, 9.17) is 10.5 Å². The summed E-state index contributed by atoms with van der Waals surface area (Å²) in [6.07, 6.45) is 7.73. The van der Waals surface area contributed by atoms with E-state index in [1.54, 1.807) is 13.2 Å². The lowest BCUT2D eigenvalue weighted by molar-refractivity contribution is 0.375. The van der Waals surface area contributed by atoms with Crippen LogP contribution in [-0.2, 0) is 19.3 Å². The number of rotatable bonds is 8. The highest BCUT2D eigenvalue weighted by atomic mass is 19.1. The van der Waals surface area contributed by atoms with Crippen molar-refractivity contribution >= 4 is 0 Å². The second kappa shape index (κ2) is 9.36. The lowest BCUT2D eigenvalue weighted by Gasteiger charge is -2.26. The molecule has 2 aromatic carbocycles. The van der Waals surface area contributed by atoms with Crippen molar-refractivity contribution in [2.75, 3.05) is 13.7 Å². The number of ether oxygens (including phenoxy) is 1. The van der Waals surface area contributed by atoms with E-state index >= 15 is 0 Å². The zero-order chi connectivity index (χ0) is 19.2. The number of nitrogens with two attached hydrogens (primary N) is 1. The summed E-state index contributed by atoms with van der Waals surface area (Å²) in [5.74, 6) is 1.27. The minimum atomic E-state index is -0.266. The molecule has 0 aromatic heterocycles. The van der Waals surface area contributed by atoms with Gasteiger partial charge in [0.25, 0.3) is 0 Å². The van der Waals surface area contributed by atoms with Crippen LogP contribution in [0.1, 0.15) is 60.8 Å². The summed E-state index contributed by atoms with van der Waals surface area (Å²) < 4.78 is 19.1. The van der Waals surface area contributed by atoms with Gasteiger partial charge in [0.1, 0.15) is 0 Å². The van der Waals surface area contributed by atoms with Gasteiger partial charge in [-0.25, -0.2) is 4.39 Å². The first kappa shape index (κ1) is 19.9. The molecule has 0 amide bonds. The van der Waals surface area contributed by atoms with E-state index in [9.17, 15) is 4.39 Å². The lowest BCUT2D eigenvalue weighted by atomic mass is 9.79. The van der Waals surface area contributed by atoms with E-state index in [1.807, 2.05) is 6.07 Å². The zero-order valence-corrected chi connectivity index (χ0v) is 16.6. The Bertz CT molecular complexity index is 758. The number of hydrogen-bond acceptors (Lipinski definition) is 2. The van der Waals surface area contributed by atoms with Crippen molar-refractivity contribution in [3.05, 3.63) is 64.5 Å². The van der Waals surface area contributed by atoms with Gasteiger partial charge in [-0.3, -0.25) is 0 Å². The van der Waals surface area contributed by atoms with Crippen molar-refractivity contribution in [2.24, 2.45) is 11.7 Å². The smallest absolute Gasteiger partial charge is 0.165 e. The first-order valence-electron chi connectivity index (χ1n) is 10.3. The minimum absolute atomic E-state index is 0.266. The summed E-state index contributed by atoms with van der Waals surface area (Å²) in [6, 6.07) is 12.2. The Morgan fingerprint density at radius 1 is 1.22 bits per heavy atom. The summed E-state index contributed by atoms with van der Waals surface area (Å²) in [6.45, 7) is 2.95. The minimum Gasteiger partial charge on any atom is -0.493 e. The maximum atomic E-state index is 13.9. The molecule has 0 saturated heterocycles. The Labute approximate surface area is 162 Å². The second-order valence-electron chi connectivity index (χ2n) is 7.83. The average molecular weight is 370 g/mol. The SMILES string of the molecule is CCCC(CN)c1ccc2c(c1)CCC(CCc1cccc(F)c1OC)C2. The molecule has 2 atom stereocenters. The van der Waals surface area contributed by atoms with Gasteiger partial charge in [0.05, 0.1) is 7.11 Å². The maximum absolute atomic E-state index is 13.9. The monoisotopic (exact) mass is 369 g/mol. The molecule has 3 rings (SSSR count). The average Bonchev–Trinajstić information content (AvgIpc) is 2.70. The molecule has 0 radical (unpaired) electrons. The highest BCUT2D eigenvalue weighted by Gasteiger charge is 2.21. The fourth-order valence-electron chi connectivity index (χ4n) is 4.46. The predicted octanol–water partition coefficient (Wildman–Crippen LogP) is 5.41. The van der Waals surface area contributed by atoms with E-state index in [2.05, 4.69) is 25.1 Å². The van der Waals surface area contributed by atoms with Crippen molar-refractivity contribution in [1.29, 1.82) is 0 Å². The number of benzene rings is 2. The number of para-hydroxylation sites is 1. The predicted molar refractivity (Wildman–Crippen MR) is 110 cm³/mol. The van der Waals surface area contributed by atoms with Crippen molar-refractivity contribution in [3.63, 3.8) is 0 Å². The van der Waals surface area contributed by atoms with Gasteiger partial charge >= 0.3 is 0 Å². The van der Waals surface area contributed by atoms with Crippen LogP contribution in [0, 0.1) is 11.7 Å². The van der Waals surface area contributed by atoms with Gasteiger partial charge in [-0.1, -0.05) is 43.7 Å². The maximum Gasteiger partial charge on any atom is 0.165 e. The third-order valence-corrected chi connectivity index (χ3v) is 6.03. The molecule has 27 heavy (non-hydrogen) atoms. The Morgan fingerprint density at radius 3 is 2.81 bits per heavy atom. The van der Waals surface area contributed by atoms with E-state index in [0.717, 1.165) is 44.2 Å². The Kier molecular flexibility index (Phi) is 6.89. The zero-order valence-electron chi connectivity index (χ0n) is 16.6. The molecule has 146 valence electrons. The van der Waals surface area contributed by atoms with Crippen LogP contribution in [-0.4, -0.2) is 13.7 Å². The van der Waals surface area contributed by atoms with Crippen LogP contribution in [0.15, 0.2) is 36.4 Å². The summed E-state index contributed by atoms with van der Waals surface area (Å²) >= 11 is 0. The summed E-state index contributed by atoms with van der Waals surface area (Å²) in [4.78, 5) is 0. The van der Waals surface area contributed by atoms with E-state index in [-0.39, 0.29) is 5.82 Å². The summed E-state index contributed by atoms with van der Waals surface area (Å²) in [7, 11) is 1.55. The summed E-state index contributed by atoms with van der Waals surface area (Å²) in [5, 5.41) is 0. The third-order valence-electron chi connectivity index (χ3n) is 6.03. The van der Waals surface area contributed by atoms with Gasteiger partial charge in [-0.05, 0) is 85.2 Å². The third kappa shape index (κ3) is 4.70. The molecular weight excluding hydrogens is 337 g/mol. The van der Waals surface area contributed by atoms with Gasteiger partial charge in [0.15, 0.2) is 11.6 Å². The Balaban J connectivity index is 1.64. The topological polar surface area (TPSA) is 35.2 Å². The van der Waals surface area contributed by atoms with Crippen molar-refractivity contribution in [2.45, 2.75) is 57.8 Å². The molecule has 0 aliphatic heterocycles. The molecule has 2 aromatic rings. The van der Waals surface area contributed by atoms with Crippen LogP contribution in [0.2, 0.25) is 0 Å². The Morgan fingerprint density at radius 2 is 2.07 bits per heavy atom. The lowest BCUT2D eigenvalue weighted by Crippen LogP contribution is -2.17. The van der Waals surface area contributed by atoms with Crippen LogP contribution in [0.5, 0.6) is 5.75 Å². The van der Waals surface area contributed by atoms with E-state index < -0.39 is 0 Å².